The molecule has 1 aliphatic rings. The molecule has 0 bridgehead atoms. The van der Waals surface area contributed by atoms with E-state index in [0.717, 1.165) is 30.4 Å². The van der Waals surface area contributed by atoms with Gasteiger partial charge in [0.2, 0.25) is 5.91 Å². The summed E-state index contributed by atoms with van der Waals surface area (Å²) in [5.74, 6) is 1.18. The fourth-order valence-corrected chi connectivity index (χ4v) is 3.51. The van der Waals surface area contributed by atoms with Crippen LogP contribution in [0.3, 0.4) is 0 Å². The smallest absolute Gasteiger partial charge is 0.234 e. The maximum Gasteiger partial charge on any atom is 0.234 e. The van der Waals surface area contributed by atoms with Crippen molar-refractivity contribution < 1.29 is 9.53 Å². The number of rotatable bonds is 5. The van der Waals surface area contributed by atoms with Crippen molar-refractivity contribution in [3.05, 3.63) is 22.7 Å². The van der Waals surface area contributed by atoms with Crippen LogP contribution in [0.1, 0.15) is 12.8 Å². The number of nitrogens with one attached hydrogen (secondary N) is 2. The molecule has 0 radical (unpaired) electrons. The van der Waals surface area contributed by atoms with Crippen molar-refractivity contribution in [2.24, 2.45) is 0 Å². The summed E-state index contributed by atoms with van der Waals surface area (Å²) < 4.78 is 6.16. The van der Waals surface area contributed by atoms with Crippen molar-refractivity contribution in [1.82, 2.24) is 5.32 Å². The van der Waals surface area contributed by atoms with E-state index in [4.69, 9.17) is 4.74 Å². The molecule has 110 valence electrons. The number of anilines is 1. The van der Waals surface area contributed by atoms with Crippen molar-refractivity contribution in [3.8, 4) is 5.75 Å². The molecule has 20 heavy (non-hydrogen) atoms. The fraction of sp³-hybridized carbons (Fsp3) is 0.500. The molecule has 0 unspecified atom stereocenters. The predicted octanol–water partition coefficient (Wildman–Crippen LogP) is 2.88. The number of carbonyl (C=O) groups is 1. The molecule has 1 saturated heterocycles. The van der Waals surface area contributed by atoms with Crippen molar-refractivity contribution in [3.63, 3.8) is 0 Å². The van der Waals surface area contributed by atoms with Crippen LogP contribution in [0, 0.1) is 0 Å². The number of halogens is 1. The average Bonchev–Trinajstić information content (AvgIpc) is 2.46. The summed E-state index contributed by atoms with van der Waals surface area (Å²) in [6.45, 7) is 2.11. The number of methoxy groups -OCH3 is 1. The number of amides is 1. The number of carbonyl (C=O) groups excluding carboxylic acids is 1. The number of hydrogen-bond acceptors (Lipinski definition) is 4. The molecule has 0 spiro atoms. The van der Waals surface area contributed by atoms with Crippen LogP contribution >= 0.6 is 27.7 Å². The van der Waals surface area contributed by atoms with Crippen LogP contribution in [-0.4, -0.2) is 37.1 Å². The van der Waals surface area contributed by atoms with Gasteiger partial charge in [-0.3, -0.25) is 4.79 Å². The lowest BCUT2D eigenvalue weighted by Crippen LogP contribution is -2.30. The molecule has 0 saturated carbocycles. The maximum atomic E-state index is 12.0. The van der Waals surface area contributed by atoms with Crippen LogP contribution < -0.4 is 15.4 Å². The molecule has 1 heterocycles. The number of benzene rings is 1. The Morgan fingerprint density at radius 1 is 1.50 bits per heavy atom. The van der Waals surface area contributed by atoms with Crippen LogP contribution in [0.15, 0.2) is 22.7 Å². The van der Waals surface area contributed by atoms with E-state index >= 15 is 0 Å². The average molecular weight is 359 g/mol. The first-order valence-corrected chi connectivity index (χ1v) is 8.49. The van der Waals surface area contributed by atoms with Gasteiger partial charge < -0.3 is 15.4 Å². The summed E-state index contributed by atoms with van der Waals surface area (Å²) in [4.78, 5) is 12.0. The molecular weight excluding hydrogens is 340 g/mol. The van der Waals surface area contributed by atoms with E-state index < -0.39 is 0 Å². The van der Waals surface area contributed by atoms with E-state index in [0.29, 0.717) is 22.4 Å². The van der Waals surface area contributed by atoms with Gasteiger partial charge in [-0.2, -0.15) is 0 Å². The molecule has 2 rings (SSSR count). The molecule has 1 amide bonds. The third-order valence-electron chi connectivity index (χ3n) is 3.17. The van der Waals surface area contributed by atoms with Crippen molar-refractivity contribution in [1.29, 1.82) is 0 Å². The molecule has 1 fully saturated rings. The van der Waals surface area contributed by atoms with E-state index in [-0.39, 0.29) is 5.91 Å². The minimum atomic E-state index is 0.0185. The summed E-state index contributed by atoms with van der Waals surface area (Å²) >= 11 is 5.14. The second kappa shape index (κ2) is 7.90. The van der Waals surface area contributed by atoms with E-state index in [9.17, 15) is 4.79 Å². The highest BCUT2D eigenvalue weighted by Crippen LogP contribution is 2.28. The third kappa shape index (κ3) is 4.68. The van der Waals surface area contributed by atoms with Crippen LogP contribution in [0.2, 0.25) is 0 Å². The molecule has 4 nitrogen and oxygen atoms in total. The lowest BCUT2D eigenvalue weighted by Gasteiger charge is -2.21. The highest BCUT2D eigenvalue weighted by atomic mass is 79.9. The minimum absolute atomic E-state index is 0.0185. The fourth-order valence-electron chi connectivity index (χ4n) is 2.12. The monoisotopic (exact) mass is 358 g/mol. The number of hydrogen-bond donors (Lipinski definition) is 2. The van der Waals surface area contributed by atoms with Crippen LogP contribution in [0.4, 0.5) is 5.69 Å². The Kier molecular flexibility index (Phi) is 6.19. The Balaban J connectivity index is 1.86. The molecular formula is C14H19BrN2O2S. The van der Waals surface area contributed by atoms with E-state index in [1.54, 1.807) is 18.9 Å². The Hall–Kier alpha value is -0.720. The minimum Gasteiger partial charge on any atom is -0.495 e. The van der Waals surface area contributed by atoms with Gasteiger partial charge in [0.15, 0.2) is 0 Å². The van der Waals surface area contributed by atoms with Gasteiger partial charge in [0.1, 0.15) is 5.75 Å². The van der Waals surface area contributed by atoms with Crippen molar-refractivity contribution in [2.75, 3.05) is 31.3 Å². The lowest BCUT2D eigenvalue weighted by molar-refractivity contribution is -0.113. The molecule has 0 aromatic heterocycles. The largest absolute Gasteiger partial charge is 0.495 e. The number of thioether (sulfide) groups is 1. The van der Waals surface area contributed by atoms with E-state index in [1.165, 1.54) is 0 Å². The molecule has 2 N–H and O–H groups in total. The summed E-state index contributed by atoms with van der Waals surface area (Å²) in [6.07, 6.45) is 2.27. The summed E-state index contributed by atoms with van der Waals surface area (Å²) in [5.41, 5.74) is 0.706. The SMILES string of the molecule is COc1ccc(Br)cc1NC(=O)CSC1CCNCC1. The van der Waals surface area contributed by atoms with Gasteiger partial charge in [-0.15, -0.1) is 11.8 Å². The maximum absolute atomic E-state index is 12.0. The van der Waals surface area contributed by atoms with Crippen LogP contribution in [-0.2, 0) is 4.79 Å². The number of ether oxygens (including phenoxy) is 1. The van der Waals surface area contributed by atoms with Gasteiger partial charge in [0.05, 0.1) is 18.6 Å². The van der Waals surface area contributed by atoms with Gasteiger partial charge in [-0.25, -0.2) is 0 Å². The Bertz CT molecular complexity index is 464. The second-order valence-corrected chi connectivity index (χ2v) is 6.86. The Labute approximate surface area is 132 Å². The highest BCUT2D eigenvalue weighted by molar-refractivity contribution is 9.10. The van der Waals surface area contributed by atoms with Gasteiger partial charge in [-0.1, -0.05) is 15.9 Å². The zero-order valence-electron chi connectivity index (χ0n) is 11.4. The quantitative estimate of drug-likeness (QED) is 0.849. The standard InChI is InChI=1S/C14H19BrN2O2S/c1-19-13-3-2-10(15)8-12(13)17-14(18)9-20-11-4-6-16-7-5-11/h2-3,8,11,16H,4-7,9H2,1H3,(H,17,18). The van der Waals surface area contributed by atoms with Crippen molar-refractivity contribution in [2.45, 2.75) is 18.1 Å². The normalized spacial score (nSPS) is 15.9. The highest BCUT2D eigenvalue weighted by Gasteiger charge is 2.15. The van der Waals surface area contributed by atoms with Crippen LogP contribution in [0.25, 0.3) is 0 Å². The first-order chi connectivity index (χ1) is 9.69. The Morgan fingerprint density at radius 2 is 2.25 bits per heavy atom. The molecule has 1 aliphatic heterocycles. The molecule has 0 aliphatic carbocycles. The van der Waals surface area contributed by atoms with E-state index in [1.807, 2.05) is 18.2 Å². The van der Waals surface area contributed by atoms with Crippen LogP contribution in [0.5, 0.6) is 5.75 Å². The summed E-state index contributed by atoms with van der Waals surface area (Å²) in [6, 6.07) is 5.57. The van der Waals surface area contributed by atoms with Gasteiger partial charge in [0.25, 0.3) is 0 Å². The van der Waals surface area contributed by atoms with Crippen molar-refractivity contribution >= 4 is 39.3 Å². The zero-order valence-corrected chi connectivity index (χ0v) is 13.9. The zero-order chi connectivity index (χ0) is 14.4. The molecule has 0 atom stereocenters. The Morgan fingerprint density at radius 3 is 2.95 bits per heavy atom. The molecule has 1 aromatic carbocycles. The summed E-state index contributed by atoms with van der Waals surface area (Å²) in [5, 5.41) is 6.83. The van der Waals surface area contributed by atoms with Gasteiger partial charge >= 0.3 is 0 Å². The second-order valence-electron chi connectivity index (χ2n) is 4.65. The lowest BCUT2D eigenvalue weighted by atomic mass is 10.2. The first-order valence-electron chi connectivity index (χ1n) is 6.65. The molecule has 6 heteroatoms. The van der Waals surface area contributed by atoms with E-state index in [2.05, 4.69) is 26.6 Å². The third-order valence-corrected chi connectivity index (χ3v) is 5.04. The topological polar surface area (TPSA) is 50.4 Å². The van der Waals surface area contributed by atoms with Gasteiger partial charge in [0, 0.05) is 9.72 Å². The summed E-state index contributed by atoms with van der Waals surface area (Å²) in [7, 11) is 1.60. The first kappa shape index (κ1) is 15.7. The molecule has 1 aromatic rings. The predicted molar refractivity (Wildman–Crippen MR) is 87.7 cm³/mol. The van der Waals surface area contributed by atoms with Gasteiger partial charge in [-0.05, 0) is 44.1 Å². The number of piperidine rings is 1.